The van der Waals surface area contributed by atoms with E-state index in [4.69, 9.17) is 5.73 Å². The Labute approximate surface area is 124 Å². The molecule has 21 heavy (non-hydrogen) atoms. The summed E-state index contributed by atoms with van der Waals surface area (Å²) in [6.45, 7) is 0. The first-order valence-corrected chi connectivity index (χ1v) is 8.66. The fraction of sp³-hybridized carbons (Fsp3) is 0.400. The molecule has 3 rings (SSSR count). The van der Waals surface area contributed by atoms with Crippen molar-refractivity contribution in [2.45, 2.75) is 42.7 Å². The molecule has 0 amide bonds. The first kappa shape index (κ1) is 14.4. The van der Waals surface area contributed by atoms with Crippen molar-refractivity contribution in [3.05, 3.63) is 36.5 Å². The average molecular weight is 305 g/mol. The minimum absolute atomic E-state index is 0.0262. The molecule has 112 valence electrons. The van der Waals surface area contributed by atoms with Gasteiger partial charge in [0.1, 0.15) is 0 Å². The highest BCUT2D eigenvalue weighted by molar-refractivity contribution is 7.89. The molecule has 0 saturated heterocycles. The lowest BCUT2D eigenvalue weighted by Gasteiger charge is -2.26. The number of hydrogen-bond donors (Lipinski definition) is 2. The maximum absolute atomic E-state index is 12.6. The lowest BCUT2D eigenvalue weighted by molar-refractivity contribution is 0.373. The first-order valence-electron chi connectivity index (χ1n) is 7.18. The number of nitrogens with zero attached hydrogens (tertiary/aromatic N) is 1. The molecule has 1 aliphatic carbocycles. The van der Waals surface area contributed by atoms with Crippen LogP contribution in [0.3, 0.4) is 0 Å². The molecule has 1 aromatic heterocycles. The van der Waals surface area contributed by atoms with E-state index in [1.54, 1.807) is 30.5 Å². The zero-order valence-corrected chi connectivity index (χ0v) is 12.5. The number of nitrogens with two attached hydrogens (primary N) is 1. The van der Waals surface area contributed by atoms with Gasteiger partial charge in [0.2, 0.25) is 10.0 Å². The summed E-state index contributed by atoms with van der Waals surface area (Å²) in [5.74, 6) is 0. The molecule has 0 radical (unpaired) electrons. The number of nitrogens with one attached hydrogen (secondary N) is 1. The van der Waals surface area contributed by atoms with Gasteiger partial charge in [-0.15, -0.1) is 0 Å². The zero-order chi connectivity index (χ0) is 14.9. The molecule has 2 aromatic rings. The second kappa shape index (κ2) is 5.71. The molecule has 5 nitrogen and oxygen atoms in total. The topological polar surface area (TPSA) is 85.1 Å². The van der Waals surface area contributed by atoms with Crippen LogP contribution in [-0.4, -0.2) is 25.5 Å². The molecule has 0 spiro atoms. The number of benzene rings is 1. The maximum atomic E-state index is 12.6. The Kier molecular flexibility index (Phi) is 3.93. The number of pyridine rings is 1. The second-order valence-electron chi connectivity index (χ2n) is 5.56. The Morgan fingerprint density at radius 3 is 2.62 bits per heavy atom. The number of aromatic nitrogens is 1. The summed E-state index contributed by atoms with van der Waals surface area (Å²) in [6, 6.07) is 8.87. The van der Waals surface area contributed by atoms with Gasteiger partial charge in [-0.05, 0) is 49.9 Å². The van der Waals surface area contributed by atoms with Crippen molar-refractivity contribution in [2.75, 3.05) is 0 Å². The SMILES string of the molecule is NC1CCC(NS(=O)(=O)c2cccc3ncccc23)CC1. The van der Waals surface area contributed by atoms with Crippen molar-refractivity contribution in [2.24, 2.45) is 5.73 Å². The molecule has 0 atom stereocenters. The van der Waals surface area contributed by atoms with E-state index in [0.717, 1.165) is 25.7 Å². The molecule has 0 bridgehead atoms. The molecule has 1 aromatic carbocycles. The summed E-state index contributed by atoms with van der Waals surface area (Å²) in [6.07, 6.45) is 4.98. The normalized spacial score (nSPS) is 23.3. The number of hydrogen-bond acceptors (Lipinski definition) is 4. The van der Waals surface area contributed by atoms with Gasteiger partial charge in [0.05, 0.1) is 10.4 Å². The van der Waals surface area contributed by atoms with Gasteiger partial charge >= 0.3 is 0 Å². The zero-order valence-electron chi connectivity index (χ0n) is 11.7. The minimum atomic E-state index is -3.53. The van der Waals surface area contributed by atoms with Crippen LogP contribution < -0.4 is 10.5 Å². The van der Waals surface area contributed by atoms with Gasteiger partial charge in [0.25, 0.3) is 0 Å². The van der Waals surface area contributed by atoms with Crippen molar-refractivity contribution >= 4 is 20.9 Å². The lowest BCUT2D eigenvalue weighted by atomic mass is 9.93. The van der Waals surface area contributed by atoms with Gasteiger partial charge in [0.15, 0.2) is 0 Å². The Bertz CT molecular complexity index is 732. The van der Waals surface area contributed by atoms with Crippen LogP contribution in [0.1, 0.15) is 25.7 Å². The summed E-state index contributed by atoms with van der Waals surface area (Å²) < 4.78 is 28.1. The van der Waals surface area contributed by atoms with E-state index in [9.17, 15) is 8.42 Å². The Morgan fingerprint density at radius 1 is 1.10 bits per heavy atom. The van der Waals surface area contributed by atoms with Crippen molar-refractivity contribution in [3.63, 3.8) is 0 Å². The van der Waals surface area contributed by atoms with E-state index >= 15 is 0 Å². The summed E-state index contributed by atoms with van der Waals surface area (Å²) in [4.78, 5) is 4.50. The smallest absolute Gasteiger partial charge is 0.241 e. The summed E-state index contributed by atoms with van der Waals surface area (Å²) >= 11 is 0. The predicted molar refractivity (Wildman–Crippen MR) is 82.3 cm³/mol. The van der Waals surface area contributed by atoms with E-state index in [0.29, 0.717) is 15.8 Å². The minimum Gasteiger partial charge on any atom is -0.328 e. The summed E-state index contributed by atoms with van der Waals surface area (Å²) in [7, 11) is -3.53. The first-order chi connectivity index (χ1) is 10.1. The van der Waals surface area contributed by atoms with Crippen LogP contribution in [0.2, 0.25) is 0 Å². The van der Waals surface area contributed by atoms with Gasteiger partial charge in [-0.25, -0.2) is 13.1 Å². The number of sulfonamides is 1. The third-order valence-electron chi connectivity index (χ3n) is 3.99. The van der Waals surface area contributed by atoms with Crippen LogP contribution in [0.15, 0.2) is 41.4 Å². The van der Waals surface area contributed by atoms with Crippen LogP contribution in [0.5, 0.6) is 0 Å². The van der Waals surface area contributed by atoms with Crippen molar-refractivity contribution in [1.29, 1.82) is 0 Å². The highest BCUT2D eigenvalue weighted by Crippen LogP contribution is 2.23. The summed E-state index contributed by atoms with van der Waals surface area (Å²) in [5, 5.41) is 0.653. The number of rotatable bonds is 3. The van der Waals surface area contributed by atoms with E-state index in [1.165, 1.54) is 0 Å². The summed E-state index contributed by atoms with van der Waals surface area (Å²) in [5.41, 5.74) is 6.55. The molecule has 0 aliphatic heterocycles. The maximum Gasteiger partial charge on any atom is 0.241 e. The lowest BCUT2D eigenvalue weighted by Crippen LogP contribution is -2.40. The molecule has 3 N–H and O–H groups in total. The quantitative estimate of drug-likeness (QED) is 0.905. The molecule has 1 saturated carbocycles. The molecule has 0 unspecified atom stereocenters. The van der Waals surface area contributed by atoms with Crippen molar-refractivity contribution in [3.8, 4) is 0 Å². The Balaban J connectivity index is 1.90. The average Bonchev–Trinajstić information content (AvgIpc) is 2.49. The van der Waals surface area contributed by atoms with Crippen LogP contribution in [-0.2, 0) is 10.0 Å². The molecular formula is C15H19N3O2S. The van der Waals surface area contributed by atoms with E-state index in [-0.39, 0.29) is 12.1 Å². The van der Waals surface area contributed by atoms with Gasteiger partial charge < -0.3 is 5.73 Å². The third kappa shape index (κ3) is 3.07. The number of fused-ring (bicyclic) bond motifs is 1. The van der Waals surface area contributed by atoms with E-state index in [2.05, 4.69) is 9.71 Å². The van der Waals surface area contributed by atoms with Crippen molar-refractivity contribution < 1.29 is 8.42 Å². The third-order valence-corrected chi connectivity index (χ3v) is 5.57. The van der Waals surface area contributed by atoms with Crippen LogP contribution in [0, 0.1) is 0 Å². The van der Waals surface area contributed by atoms with E-state index < -0.39 is 10.0 Å². The predicted octanol–water partition coefficient (Wildman–Crippen LogP) is 1.78. The standard InChI is InChI=1S/C15H19N3O2S/c16-11-6-8-12(9-7-11)18-21(19,20)15-5-1-4-14-13(15)3-2-10-17-14/h1-5,10-12,18H,6-9,16H2. The van der Waals surface area contributed by atoms with Crippen LogP contribution >= 0.6 is 0 Å². The highest BCUT2D eigenvalue weighted by Gasteiger charge is 2.25. The van der Waals surface area contributed by atoms with Gasteiger partial charge in [-0.1, -0.05) is 6.07 Å². The molecule has 6 heteroatoms. The van der Waals surface area contributed by atoms with Gasteiger partial charge in [-0.2, -0.15) is 0 Å². The Hall–Kier alpha value is -1.50. The fourth-order valence-electron chi connectivity index (χ4n) is 2.83. The highest BCUT2D eigenvalue weighted by atomic mass is 32.2. The van der Waals surface area contributed by atoms with Gasteiger partial charge in [0, 0.05) is 23.7 Å². The van der Waals surface area contributed by atoms with E-state index in [1.807, 2.05) is 6.07 Å². The Morgan fingerprint density at radius 2 is 1.86 bits per heavy atom. The van der Waals surface area contributed by atoms with Crippen LogP contribution in [0.4, 0.5) is 0 Å². The largest absolute Gasteiger partial charge is 0.328 e. The molecular weight excluding hydrogens is 286 g/mol. The fourth-order valence-corrected chi connectivity index (χ4v) is 4.35. The molecule has 1 heterocycles. The van der Waals surface area contributed by atoms with Gasteiger partial charge in [-0.3, -0.25) is 4.98 Å². The van der Waals surface area contributed by atoms with Crippen LogP contribution in [0.25, 0.3) is 10.9 Å². The van der Waals surface area contributed by atoms with Crippen molar-refractivity contribution in [1.82, 2.24) is 9.71 Å². The second-order valence-corrected chi connectivity index (χ2v) is 7.24. The molecule has 1 aliphatic rings. The monoisotopic (exact) mass is 305 g/mol. The molecule has 1 fully saturated rings.